The zero-order chi connectivity index (χ0) is 21.9. The zero-order valence-corrected chi connectivity index (χ0v) is 18.2. The number of aromatic nitrogens is 4. The van der Waals surface area contributed by atoms with E-state index in [1.807, 2.05) is 39.8 Å². The van der Waals surface area contributed by atoms with Crippen molar-refractivity contribution in [3.8, 4) is 5.95 Å². The van der Waals surface area contributed by atoms with Crippen LogP contribution >= 0.6 is 11.6 Å². The Balaban J connectivity index is 1.86. The van der Waals surface area contributed by atoms with Gasteiger partial charge in [-0.15, -0.1) is 0 Å². The Morgan fingerprint density at radius 2 is 1.90 bits per heavy atom. The van der Waals surface area contributed by atoms with Gasteiger partial charge in [0.05, 0.1) is 5.69 Å². The van der Waals surface area contributed by atoms with E-state index in [9.17, 15) is 9.59 Å². The number of hydrogen-bond donors (Lipinski definition) is 3. The molecule has 2 aromatic heterocycles. The molecular formula is C21H25ClN6O2. The highest BCUT2D eigenvalue weighted by Crippen LogP contribution is 2.25. The highest BCUT2D eigenvalue weighted by Gasteiger charge is 2.22. The molecule has 9 heteroatoms. The Morgan fingerprint density at radius 1 is 1.20 bits per heavy atom. The fourth-order valence-corrected chi connectivity index (χ4v) is 2.84. The number of H-pyrrole nitrogens is 1. The molecule has 3 aromatic rings. The minimum atomic E-state index is -0.402. The van der Waals surface area contributed by atoms with Crippen molar-refractivity contribution >= 4 is 23.4 Å². The molecule has 0 fully saturated rings. The summed E-state index contributed by atoms with van der Waals surface area (Å²) in [6.07, 6.45) is 0.606. The van der Waals surface area contributed by atoms with Crippen molar-refractivity contribution in [2.75, 3.05) is 5.32 Å². The van der Waals surface area contributed by atoms with Gasteiger partial charge in [0.1, 0.15) is 5.82 Å². The van der Waals surface area contributed by atoms with E-state index in [0.29, 0.717) is 29.5 Å². The third-order valence-corrected chi connectivity index (χ3v) is 4.68. The van der Waals surface area contributed by atoms with Crippen LogP contribution in [0.5, 0.6) is 0 Å². The average molecular weight is 429 g/mol. The molecule has 3 N–H and O–H groups in total. The normalized spacial score (nSPS) is 11.4. The molecule has 0 saturated carbocycles. The molecule has 0 aliphatic heterocycles. The molecule has 0 atom stereocenters. The van der Waals surface area contributed by atoms with Gasteiger partial charge < -0.3 is 5.32 Å². The Morgan fingerprint density at radius 3 is 2.53 bits per heavy atom. The standard InChI is InChI=1S/C21H25ClN6O2/c1-5-15-10-18(29)26-19(24-15)28-17(11-16(27-28)21(2,3)4)25-20(30)23-12-13-6-8-14(22)9-7-13/h6-11H,5,12H2,1-4H3,(H2,23,25,30)(H,24,26,29). The predicted octanol–water partition coefficient (Wildman–Crippen LogP) is 3.79. The number of halogens is 1. The number of aryl methyl sites for hydroxylation is 1. The molecule has 0 spiro atoms. The van der Waals surface area contributed by atoms with Crippen LogP contribution in [0.25, 0.3) is 5.95 Å². The van der Waals surface area contributed by atoms with Crippen molar-refractivity contribution < 1.29 is 4.79 Å². The highest BCUT2D eigenvalue weighted by molar-refractivity contribution is 6.30. The first kappa shape index (κ1) is 21.6. The maximum atomic E-state index is 12.5. The van der Waals surface area contributed by atoms with Crippen molar-refractivity contribution in [2.45, 2.75) is 46.1 Å². The number of carbonyl (C=O) groups is 1. The van der Waals surface area contributed by atoms with Crippen LogP contribution in [0.1, 0.15) is 44.6 Å². The van der Waals surface area contributed by atoms with Crippen LogP contribution in [0, 0.1) is 0 Å². The lowest BCUT2D eigenvalue weighted by atomic mass is 9.92. The van der Waals surface area contributed by atoms with E-state index < -0.39 is 6.03 Å². The van der Waals surface area contributed by atoms with E-state index in [4.69, 9.17) is 11.6 Å². The van der Waals surface area contributed by atoms with Crippen LogP contribution in [0.15, 0.2) is 41.2 Å². The van der Waals surface area contributed by atoms with E-state index in [-0.39, 0.29) is 16.9 Å². The fraction of sp³-hybridized carbons (Fsp3) is 0.333. The first-order valence-corrected chi connectivity index (χ1v) is 10.0. The SMILES string of the molecule is CCc1cc(=O)[nH]c(-n2nc(C(C)(C)C)cc2NC(=O)NCc2ccc(Cl)cc2)n1. The number of anilines is 1. The van der Waals surface area contributed by atoms with Gasteiger partial charge in [0.25, 0.3) is 5.56 Å². The number of hydrogen-bond acceptors (Lipinski definition) is 4. The first-order chi connectivity index (χ1) is 14.2. The molecule has 2 heterocycles. The number of urea groups is 1. The Labute approximate surface area is 179 Å². The smallest absolute Gasteiger partial charge is 0.320 e. The summed E-state index contributed by atoms with van der Waals surface area (Å²) in [5.74, 6) is 0.660. The van der Waals surface area contributed by atoms with Gasteiger partial charge in [-0.3, -0.25) is 15.1 Å². The maximum Gasteiger partial charge on any atom is 0.320 e. The molecule has 2 amide bonds. The van der Waals surface area contributed by atoms with Gasteiger partial charge in [0.15, 0.2) is 0 Å². The van der Waals surface area contributed by atoms with Gasteiger partial charge in [-0.25, -0.2) is 9.78 Å². The molecular weight excluding hydrogens is 404 g/mol. The van der Waals surface area contributed by atoms with Gasteiger partial charge in [0, 0.05) is 34.8 Å². The van der Waals surface area contributed by atoms with Crippen molar-refractivity contribution in [3.05, 3.63) is 68.7 Å². The monoisotopic (exact) mass is 428 g/mol. The maximum absolute atomic E-state index is 12.5. The van der Waals surface area contributed by atoms with Crippen LogP contribution in [0.2, 0.25) is 5.02 Å². The van der Waals surface area contributed by atoms with Gasteiger partial charge in [0.2, 0.25) is 5.95 Å². The first-order valence-electron chi connectivity index (χ1n) is 9.66. The minimum Gasteiger partial charge on any atom is -0.334 e. The van der Waals surface area contributed by atoms with Crippen LogP contribution in [-0.2, 0) is 18.4 Å². The summed E-state index contributed by atoms with van der Waals surface area (Å²) in [6, 6.07) is 10.0. The molecule has 0 radical (unpaired) electrons. The summed E-state index contributed by atoms with van der Waals surface area (Å²) in [7, 11) is 0. The van der Waals surface area contributed by atoms with E-state index >= 15 is 0 Å². The Hall–Kier alpha value is -3.13. The lowest BCUT2D eigenvalue weighted by molar-refractivity contribution is 0.251. The molecule has 0 aliphatic carbocycles. The number of aromatic amines is 1. The number of amides is 2. The van der Waals surface area contributed by atoms with Crippen molar-refractivity contribution in [2.24, 2.45) is 0 Å². The molecule has 8 nitrogen and oxygen atoms in total. The molecule has 0 unspecified atom stereocenters. The molecule has 1 aromatic carbocycles. The average Bonchev–Trinajstić information content (AvgIpc) is 3.11. The van der Waals surface area contributed by atoms with E-state index in [1.54, 1.807) is 18.2 Å². The van der Waals surface area contributed by atoms with Crippen LogP contribution in [0.4, 0.5) is 10.6 Å². The summed E-state index contributed by atoms with van der Waals surface area (Å²) >= 11 is 5.89. The summed E-state index contributed by atoms with van der Waals surface area (Å²) in [6.45, 7) is 8.30. The Kier molecular flexibility index (Phi) is 6.26. The number of rotatable bonds is 5. The number of carbonyl (C=O) groups excluding carboxylic acids is 1. The second-order valence-corrected chi connectivity index (χ2v) is 8.36. The molecule has 0 aliphatic rings. The second kappa shape index (κ2) is 8.71. The topological polar surface area (TPSA) is 105 Å². The summed E-state index contributed by atoms with van der Waals surface area (Å²) < 4.78 is 1.45. The minimum absolute atomic E-state index is 0.253. The van der Waals surface area contributed by atoms with Crippen LogP contribution in [0.3, 0.4) is 0 Å². The summed E-state index contributed by atoms with van der Waals surface area (Å²) in [5, 5.41) is 10.8. The number of benzene rings is 1. The lowest BCUT2D eigenvalue weighted by Gasteiger charge is -2.13. The lowest BCUT2D eigenvalue weighted by Crippen LogP contribution is -2.29. The molecule has 3 rings (SSSR count). The van der Waals surface area contributed by atoms with E-state index in [0.717, 1.165) is 11.3 Å². The highest BCUT2D eigenvalue weighted by atomic mass is 35.5. The number of nitrogens with zero attached hydrogens (tertiary/aromatic N) is 3. The molecule has 0 saturated heterocycles. The van der Waals surface area contributed by atoms with Crippen molar-refractivity contribution in [1.82, 2.24) is 25.1 Å². The number of nitrogens with one attached hydrogen (secondary N) is 3. The Bertz CT molecular complexity index is 1100. The molecule has 0 bridgehead atoms. The van der Waals surface area contributed by atoms with Gasteiger partial charge in [-0.2, -0.15) is 9.78 Å². The van der Waals surface area contributed by atoms with Gasteiger partial charge in [-0.05, 0) is 24.1 Å². The molecule has 158 valence electrons. The molecule has 30 heavy (non-hydrogen) atoms. The quantitative estimate of drug-likeness (QED) is 0.574. The van der Waals surface area contributed by atoms with Crippen molar-refractivity contribution in [1.29, 1.82) is 0 Å². The van der Waals surface area contributed by atoms with Crippen LogP contribution in [-0.4, -0.2) is 25.8 Å². The van der Waals surface area contributed by atoms with Crippen molar-refractivity contribution in [3.63, 3.8) is 0 Å². The summed E-state index contributed by atoms with van der Waals surface area (Å²) in [5.41, 5.74) is 1.77. The predicted molar refractivity (Wildman–Crippen MR) is 117 cm³/mol. The van der Waals surface area contributed by atoms with Gasteiger partial charge in [-0.1, -0.05) is 51.4 Å². The second-order valence-electron chi connectivity index (χ2n) is 7.92. The third kappa shape index (κ3) is 5.27. The van der Waals surface area contributed by atoms with E-state index in [1.165, 1.54) is 10.7 Å². The van der Waals surface area contributed by atoms with Crippen LogP contribution < -0.4 is 16.2 Å². The zero-order valence-electron chi connectivity index (χ0n) is 17.4. The fourth-order valence-electron chi connectivity index (χ4n) is 2.72. The largest absolute Gasteiger partial charge is 0.334 e. The third-order valence-electron chi connectivity index (χ3n) is 4.43. The summed E-state index contributed by atoms with van der Waals surface area (Å²) in [4.78, 5) is 31.7. The van der Waals surface area contributed by atoms with E-state index in [2.05, 4.69) is 25.7 Å². The van der Waals surface area contributed by atoms with Gasteiger partial charge >= 0.3 is 6.03 Å².